The SMILES string of the molecule is C=CCN(CC(=O)O)CC(=O)N(C)CC. The van der Waals surface area contributed by atoms with Gasteiger partial charge in [-0.2, -0.15) is 0 Å². The number of amides is 1. The normalized spacial score (nSPS) is 10.1. The lowest BCUT2D eigenvalue weighted by molar-refractivity contribution is -0.139. The molecule has 0 aromatic rings. The zero-order chi connectivity index (χ0) is 11.8. The summed E-state index contributed by atoms with van der Waals surface area (Å²) in [5.41, 5.74) is 0. The number of hydrogen-bond donors (Lipinski definition) is 1. The van der Waals surface area contributed by atoms with E-state index in [1.54, 1.807) is 18.0 Å². The van der Waals surface area contributed by atoms with Crippen LogP contribution in [0.5, 0.6) is 0 Å². The largest absolute Gasteiger partial charge is 0.480 e. The molecule has 15 heavy (non-hydrogen) atoms. The van der Waals surface area contributed by atoms with Crippen molar-refractivity contribution < 1.29 is 14.7 Å². The molecule has 1 N–H and O–H groups in total. The van der Waals surface area contributed by atoms with Gasteiger partial charge in [0, 0.05) is 20.1 Å². The molecule has 0 spiro atoms. The number of carboxylic acids is 1. The summed E-state index contributed by atoms with van der Waals surface area (Å²) in [6, 6.07) is 0. The highest BCUT2D eigenvalue weighted by molar-refractivity contribution is 5.78. The Morgan fingerprint density at radius 2 is 2.00 bits per heavy atom. The first-order chi connectivity index (χ1) is 7.01. The number of hydrogen-bond acceptors (Lipinski definition) is 3. The van der Waals surface area contributed by atoms with Crippen LogP contribution in [-0.2, 0) is 9.59 Å². The Bertz CT molecular complexity index is 241. The molecule has 0 atom stereocenters. The standard InChI is InChI=1S/C10H18N2O3/c1-4-6-12(8-10(14)15)7-9(13)11(3)5-2/h4H,1,5-8H2,2-3H3,(H,14,15). The van der Waals surface area contributed by atoms with Crippen molar-refractivity contribution in [2.45, 2.75) is 6.92 Å². The lowest BCUT2D eigenvalue weighted by Gasteiger charge is -2.21. The van der Waals surface area contributed by atoms with Crippen molar-refractivity contribution in [3.8, 4) is 0 Å². The number of carboxylic acid groups (broad SMARTS) is 1. The predicted octanol–water partition coefficient (Wildman–Crippen LogP) is 0.0373. The van der Waals surface area contributed by atoms with Crippen LogP contribution in [0, 0.1) is 0 Å². The number of rotatable bonds is 7. The fraction of sp³-hybridized carbons (Fsp3) is 0.600. The van der Waals surface area contributed by atoms with Crippen LogP contribution >= 0.6 is 0 Å². The molecule has 0 unspecified atom stereocenters. The fourth-order valence-electron chi connectivity index (χ4n) is 1.05. The number of carbonyl (C=O) groups is 2. The molecule has 0 radical (unpaired) electrons. The van der Waals surface area contributed by atoms with Gasteiger partial charge in [0.2, 0.25) is 5.91 Å². The molecular formula is C10H18N2O3. The van der Waals surface area contributed by atoms with Crippen LogP contribution in [0.2, 0.25) is 0 Å². The Labute approximate surface area is 90.0 Å². The van der Waals surface area contributed by atoms with E-state index < -0.39 is 5.97 Å². The van der Waals surface area contributed by atoms with Crippen molar-refractivity contribution in [1.29, 1.82) is 0 Å². The van der Waals surface area contributed by atoms with E-state index in [4.69, 9.17) is 5.11 Å². The van der Waals surface area contributed by atoms with Crippen LogP contribution in [0.1, 0.15) is 6.92 Å². The van der Waals surface area contributed by atoms with Gasteiger partial charge in [0.05, 0.1) is 13.1 Å². The molecule has 0 rings (SSSR count). The lowest BCUT2D eigenvalue weighted by Crippen LogP contribution is -2.40. The third-order valence-corrected chi connectivity index (χ3v) is 2.01. The zero-order valence-corrected chi connectivity index (χ0v) is 9.27. The molecular weight excluding hydrogens is 196 g/mol. The Morgan fingerprint density at radius 3 is 2.40 bits per heavy atom. The highest BCUT2D eigenvalue weighted by atomic mass is 16.4. The molecule has 0 aromatic heterocycles. The van der Waals surface area contributed by atoms with Crippen LogP contribution in [0.3, 0.4) is 0 Å². The zero-order valence-electron chi connectivity index (χ0n) is 9.27. The second kappa shape index (κ2) is 7.00. The third-order valence-electron chi connectivity index (χ3n) is 2.01. The Balaban J connectivity index is 4.20. The van der Waals surface area contributed by atoms with Crippen molar-refractivity contribution in [3.05, 3.63) is 12.7 Å². The minimum Gasteiger partial charge on any atom is -0.480 e. The average molecular weight is 214 g/mol. The molecule has 0 saturated heterocycles. The molecule has 0 bridgehead atoms. The molecule has 0 aromatic carbocycles. The van der Waals surface area contributed by atoms with Gasteiger partial charge in [0.15, 0.2) is 0 Å². The van der Waals surface area contributed by atoms with Gasteiger partial charge >= 0.3 is 5.97 Å². The van der Waals surface area contributed by atoms with E-state index in [0.29, 0.717) is 13.1 Å². The molecule has 0 aliphatic rings. The van der Waals surface area contributed by atoms with Crippen molar-refractivity contribution in [3.63, 3.8) is 0 Å². The number of nitrogens with zero attached hydrogens (tertiary/aromatic N) is 2. The van der Waals surface area contributed by atoms with Gasteiger partial charge in [-0.25, -0.2) is 0 Å². The molecule has 5 nitrogen and oxygen atoms in total. The van der Waals surface area contributed by atoms with Crippen LogP contribution in [-0.4, -0.2) is 60.0 Å². The fourth-order valence-corrected chi connectivity index (χ4v) is 1.05. The van der Waals surface area contributed by atoms with Crippen molar-refractivity contribution in [1.82, 2.24) is 9.80 Å². The van der Waals surface area contributed by atoms with Crippen molar-refractivity contribution in [2.75, 3.05) is 33.2 Å². The van der Waals surface area contributed by atoms with Crippen LogP contribution in [0.15, 0.2) is 12.7 Å². The molecule has 5 heteroatoms. The second-order valence-corrected chi connectivity index (χ2v) is 3.26. The molecule has 86 valence electrons. The van der Waals surface area contributed by atoms with Gasteiger partial charge in [-0.05, 0) is 6.92 Å². The lowest BCUT2D eigenvalue weighted by atomic mass is 10.4. The smallest absolute Gasteiger partial charge is 0.317 e. The Hall–Kier alpha value is -1.36. The summed E-state index contributed by atoms with van der Waals surface area (Å²) < 4.78 is 0. The predicted molar refractivity (Wildman–Crippen MR) is 57.6 cm³/mol. The maximum absolute atomic E-state index is 11.5. The summed E-state index contributed by atoms with van der Waals surface area (Å²) in [5, 5.41) is 8.62. The summed E-state index contributed by atoms with van der Waals surface area (Å²) in [6.07, 6.45) is 1.59. The molecule has 0 heterocycles. The maximum Gasteiger partial charge on any atom is 0.317 e. The van der Waals surface area contributed by atoms with E-state index in [1.807, 2.05) is 6.92 Å². The summed E-state index contributed by atoms with van der Waals surface area (Å²) in [4.78, 5) is 25.1. The Kier molecular flexibility index (Phi) is 6.37. The summed E-state index contributed by atoms with van der Waals surface area (Å²) in [5.74, 6) is -1.02. The minimum atomic E-state index is -0.941. The summed E-state index contributed by atoms with van der Waals surface area (Å²) in [6.45, 7) is 6.38. The summed E-state index contributed by atoms with van der Waals surface area (Å²) >= 11 is 0. The van der Waals surface area contributed by atoms with Crippen molar-refractivity contribution in [2.24, 2.45) is 0 Å². The van der Waals surface area contributed by atoms with Gasteiger partial charge in [-0.3, -0.25) is 14.5 Å². The molecule has 0 fully saturated rings. The number of aliphatic carboxylic acids is 1. The Morgan fingerprint density at radius 1 is 1.40 bits per heavy atom. The summed E-state index contributed by atoms with van der Waals surface area (Å²) in [7, 11) is 1.69. The van der Waals surface area contributed by atoms with Crippen LogP contribution in [0.4, 0.5) is 0 Å². The number of carbonyl (C=O) groups excluding carboxylic acids is 1. The highest BCUT2D eigenvalue weighted by Gasteiger charge is 2.14. The third kappa shape index (κ3) is 5.85. The van der Waals surface area contributed by atoms with Gasteiger partial charge < -0.3 is 10.0 Å². The van der Waals surface area contributed by atoms with Gasteiger partial charge in [-0.1, -0.05) is 6.08 Å². The van der Waals surface area contributed by atoms with E-state index >= 15 is 0 Å². The van der Waals surface area contributed by atoms with Crippen molar-refractivity contribution >= 4 is 11.9 Å². The van der Waals surface area contributed by atoms with Gasteiger partial charge in [0.1, 0.15) is 0 Å². The first-order valence-electron chi connectivity index (χ1n) is 4.80. The first-order valence-corrected chi connectivity index (χ1v) is 4.80. The minimum absolute atomic E-state index is 0.0828. The average Bonchev–Trinajstić information content (AvgIpc) is 2.15. The first kappa shape index (κ1) is 13.6. The second-order valence-electron chi connectivity index (χ2n) is 3.26. The van der Waals surface area contributed by atoms with E-state index in [1.165, 1.54) is 4.90 Å². The van der Waals surface area contributed by atoms with E-state index in [9.17, 15) is 9.59 Å². The monoisotopic (exact) mass is 214 g/mol. The van der Waals surface area contributed by atoms with Gasteiger partial charge in [0.25, 0.3) is 0 Å². The highest BCUT2D eigenvalue weighted by Crippen LogP contribution is 1.92. The molecule has 0 aliphatic carbocycles. The molecule has 0 saturated carbocycles. The van der Waals surface area contributed by atoms with Gasteiger partial charge in [-0.15, -0.1) is 6.58 Å². The molecule has 0 aliphatic heterocycles. The topological polar surface area (TPSA) is 60.9 Å². The van der Waals surface area contributed by atoms with E-state index in [-0.39, 0.29) is 19.0 Å². The van der Waals surface area contributed by atoms with Crippen LogP contribution < -0.4 is 0 Å². The quantitative estimate of drug-likeness (QED) is 0.608. The molecule has 1 amide bonds. The van der Waals surface area contributed by atoms with E-state index in [0.717, 1.165) is 0 Å². The maximum atomic E-state index is 11.5. The van der Waals surface area contributed by atoms with E-state index in [2.05, 4.69) is 6.58 Å². The number of likely N-dealkylation sites (N-methyl/N-ethyl adjacent to an activating group) is 1. The van der Waals surface area contributed by atoms with Crippen LogP contribution in [0.25, 0.3) is 0 Å².